The number of benzene rings is 1. The van der Waals surface area contributed by atoms with Gasteiger partial charge in [0, 0.05) is 34.4 Å². The van der Waals surface area contributed by atoms with Gasteiger partial charge in [-0.1, -0.05) is 6.07 Å². The monoisotopic (exact) mass is 453 g/mol. The van der Waals surface area contributed by atoms with Crippen molar-refractivity contribution in [3.8, 4) is 17.2 Å². The normalized spacial score (nSPS) is 19.8. The van der Waals surface area contributed by atoms with Crippen molar-refractivity contribution in [3.63, 3.8) is 0 Å². The number of hydrogen-bond donors (Lipinski definition) is 3. The van der Waals surface area contributed by atoms with Gasteiger partial charge in [-0.2, -0.15) is 0 Å². The van der Waals surface area contributed by atoms with E-state index in [0.717, 1.165) is 11.3 Å². The Kier molecular flexibility index (Phi) is 5.05. The largest absolute Gasteiger partial charge is 0.493 e. The van der Waals surface area contributed by atoms with E-state index in [-0.39, 0.29) is 17.3 Å². The Labute approximate surface area is 188 Å². The molecule has 8 nitrogen and oxygen atoms in total. The van der Waals surface area contributed by atoms with Gasteiger partial charge in [-0.05, 0) is 35.6 Å². The van der Waals surface area contributed by atoms with Crippen molar-refractivity contribution in [2.75, 3.05) is 26.6 Å². The Balaban J connectivity index is 1.69. The summed E-state index contributed by atoms with van der Waals surface area (Å²) in [6.45, 7) is 0. The van der Waals surface area contributed by atoms with Gasteiger partial charge in [0.2, 0.25) is 5.75 Å². The van der Waals surface area contributed by atoms with Crippen LogP contribution in [0, 0.1) is 0 Å². The number of rotatable bonds is 5. The molecule has 3 heterocycles. The summed E-state index contributed by atoms with van der Waals surface area (Å²) in [7, 11) is 4.62. The minimum atomic E-state index is -0.554. The van der Waals surface area contributed by atoms with E-state index < -0.39 is 5.92 Å². The van der Waals surface area contributed by atoms with Crippen LogP contribution >= 0.6 is 11.3 Å². The molecule has 0 fully saturated rings. The number of thiophene rings is 1. The molecule has 9 heteroatoms. The predicted octanol–water partition coefficient (Wildman–Crippen LogP) is 3.75. The Morgan fingerprint density at radius 3 is 2.38 bits per heavy atom. The highest BCUT2D eigenvalue weighted by Crippen LogP contribution is 2.49. The highest BCUT2D eigenvalue weighted by atomic mass is 32.1. The third kappa shape index (κ3) is 3.12. The Bertz CT molecular complexity index is 1250. The summed E-state index contributed by atoms with van der Waals surface area (Å²) in [5.41, 5.74) is 2.38. The quantitative estimate of drug-likeness (QED) is 0.543. The molecular formula is C23H23N3O5S. The molecule has 1 aliphatic heterocycles. The van der Waals surface area contributed by atoms with E-state index in [0.29, 0.717) is 47.0 Å². The first-order valence-electron chi connectivity index (χ1n) is 10.2. The van der Waals surface area contributed by atoms with Crippen LogP contribution < -0.4 is 25.1 Å². The number of ether oxygens (including phenoxy) is 3. The number of ketones is 1. The van der Waals surface area contributed by atoms with Gasteiger partial charge in [-0.25, -0.2) is 0 Å². The number of H-pyrrole nitrogens is 2. The molecule has 3 N–H and O–H groups in total. The molecule has 0 saturated heterocycles. The minimum absolute atomic E-state index is 0.0298. The summed E-state index contributed by atoms with van der Waals surface area (Å²) in [5, 5.41) is 10.9. The van der Waals surface area contributed by atoms with Crippen molar-refractivity contribution in [1.82, 2.24) is 10.2 Å². The molecule has 3 aromatic rings. The van der Waals surface area contributed by atoms with Gasteiger partial charge in [0.1, 0.15) is 5.82 Å². The third-order valence-electron chi connectivity index (χ3n) is 6.14. The van der Waals surface area contributed by atoms with E-state index >= 15 is 0 Å². The van der Waals surface area contributed by atoms with Gasteiger partial charge in [0.25, 0.3) is 5.56 Å². The van der Waals surface area contributed by atoms with Crippen molar-refractivity contribution in [1.29, 1.82) is 0 Å². The zero-order chi connectivity index (χ0) is 22.4. The van der Waals surface area contributed by atoms with E-state index in [1.54, 1.807) is 37.7 Å². The highest BCUT2D eigenvalue weighted by Gasteiger charge is 2.41. The number of methoxy groups -OCH3 is 3. The molecule has 0 unspecified atom stereocenters. The first kappa shape index (κ1) is 20.4. The van der Waals surface area contributed by atoms with Crippen LogP contribution in [0.2, 0.25) is 0 Å². The molecule has 166 valence electrons. The molecule has 2 aromatic heterocycles. The fourth-order valence-electron chi connectivity index (χ4n) is 4.75. The standard InChI is InChI=1S/C23H23N3O5S/c1-29-15-9-12(10-16(30-2)21(15)31-3)18-19-13(24-22-20(18)23(28)26-25-22)7-11(8-14(19)27)17-5-4-6-32-17/h4-6,9-11,18H,7-8H2,1-3H3,(H3,24,25,26,28)/t11-,18+/m0/s1. The van der Waals surface area contributed by atoms with Gasteiger partial charge in [-0.3, -0.25) is 19.8 Å². The van der Waals surface area contributed by atoms with Crippen LogP contribution in [0.15, 0.2) is 45.7 Å². The Hall–Kier alpha value is -3.46. The van der Waals surface area contributed by atoms with Crippen LogP contribution in [0.5, 0.6) is 17.2 Å². The van der Waals surface area contributed by atoms with Crippen LogP contribution in [-0.4, -0.2) is 37.3 Å². The van der Waals surface area contributed by atoms with Crippen LogP contribution in [0.3, 0.4) is 0 Å². The molecule has 1 aromatic carbocycles. The lowest BCUT2D eigenvalue weighted by molar-refractivity contribution is -0.116. The van der Waals surface area contributed by atoms with Gasteiger partial charge in [0.15, 0.2) is 17.3 Å². The molecular weight excluding hydrogens is 430 g/mol. The lowest BCUT2D eigenvalue weighted by atomic mass is 9.74. The van der Waals surface area contributed by atoms with Crippen LogP contribution in [0.1, 0.15) is 40.7 Å². The fraction of sp³-hybridized carbons (Fsp3) is 0.304. The number of allylic oxidation sites excluding steroid dienone is 2. The van der Waals surface area contributed by atoms with Gasteiger partial charge in [0.05, 0.1) is 26.9 Å². The van der Waals surface area contributed by atoms with Gasteiger partial charge >= 0.3 is 0 Å². The number of Topliss-reactive ketones (excluding diaryl/α,β-unsaturated/α-hetero) is 1. The van der Waals surface area contributed by atoms with Gasteiger partial charge in [-0.15, -0.1) is 11.3 Å². The van der Waals surface area contributed by atoms with E-state index in [2.05, 4.69) is 21.6 Å². The second-order valence-electron chi connectivity index (χ2n) is 7.82. The van der Waals surface area contributed by atoms with Crippen molar-refractivity contribution in [2.24, 2.45) is 0 Å². The van der Waals surface area contributed by atoms with Crippen molar-refractivity contribution < 1.29 is 19.0 Å². The number of anilines is 1. The van der Waals surface area contributed by atoms with Crippen LogP contribution in [0.25, 0.3) is 0 Å². The number of nitrogens with one attached hydrogen (secondary N) is 3. The van der Waals surface area contributed by atoms with E-state index in [4.69, 9.17) is 14.2 Å². The smallest absolute Gasteiger partial charge is 0.270 e. The van der Waals surface area contributed by atoms with Crippen LogP contribution in [0.4, 0.5) is 5.82 Å². The summed E-state index contributed by atoms with van der Waals surface area (Å²) in [5.74, 6) is 1.56. The maximum absolute atomic E-state index is 13.5. The first-order chi connectivity index (χ1) is 15.5. The molecule has 2 aliphatic rings. The van der Waals surface area contributed by atoms with E-state index in [1.165, 1.54) is 12.0 Å². The van der Waals surface area contributed by atoms with E-state index in [9.17, 15) is 9.59 Å². The Morgan fingerprint density at radius 1 is 1.00 bits per heavy atom. The first-order valence-corrected chi connectivity index (χ1v) is 11.1. The van der Waals surface area contributed by atoms with Crippen molar-refractivity contribution in [2.45, 2.75) is 24.7 Å². The number of carbonyl (C=O) groups excluding carboxylic acids is 1. The lowest BCUT2D eigenvalue weighted by Crippen LogP contribution is -2.31. The molecule has 0 saturated carbocycles. The third-order valence-corrected chi connectivity index (χ3v) is 7.18. The maximum atomic E-state index is 13.5. The minimum Gasteiger partial charge on any atom is -0.493 e. The average molecular weight is 454 g/mol. The van der Waals surface area contributed by atoms with Crippen molar-refractivity contribution >= 4 is 22.9 Å². The molecule has 0 spiro atoms. The maximum Gasteiger partial charge on any atom is 0.270 e. The highest BCUT2D eigenvalue weighted by molar-refractivity contribution is 7.10. The molecule has 5 rings (SSSR count). The van der Waals surface area contributed by atoms with Crippen molar-refractivity contribution in [3.05, 3.63) is 67.3 Å². The summed E-state index contributed by atoms with van der Waals surface area (Å²) < 4.78 is 16.5. The molecule has 1 aliphatic carbocycles. The number of aromatic nitrogens is 2. The molecule has 32 heavy (non-hydrogen) atoms. The van der Waals surface area contributed by atoms with Gasteiger partial charge < -0.3 is 19.5 Å². The molecule has 0 bridgehead atoms. The Morgan fingerprint density at radius 2 is 1.75 bits per heavy atom. The molecule has 2 atom stereocenters. The summed E-state index contributed by atoms with van der Waals surface area (Å²) in [4.78, 5) is 27.4. The van der Waals surface area contributed by atoms with Crippen LogP contribution in [-0.2, 0) is 4.79 Å². The summed E-state index contributed by atoms with van der Waals surface area (Å²) in [6, 6.07) is 7.67. The second kappa shape index (κ2) is 7.90. The number of fused-ring (bicyclic) bond motifs is 1. The lowest BCUT2D eigenvalue weighted by Gasteiger charge is -2.34. The zero-order valence-corrected chi connectivity index (χ0v) is 18.7. The second-order valence-corrected chi connectivity index (χ2v) is 8.80. The molecule has 0 amide bonds. The zero-order valence-electron chi connectivity index (χ0n) is 17.9. The SMILES string of the molecule is COc1cc([C@@H]2C3=C(C[C@H](c4cccs4)CC3=O)Nc3[nH][nH]c(=O)c32)cc(OC)c1OC. The predicted molar refractivity (Wildman–Crippen MR) is 121 cm³/mol. The number of aromatic amines is 2. The average Bonchev–Trinajstić information content (AvgIpc) is 3.47. The summed E-state index contributed by atoms with van der Waals surface area (Å²) >= 11 is 1.66. The fourth-order valence-corrected chi connectivity index (χ4v) is 5.58. The topological polar surface area (TPSA) is 105 Å². The number of hydrogen-bond acceptors (Lipinski definition) is 7. The summed E-state index contributed by atoms with van der Waals surface area (Å²) in [6.07, 6.45) is 1.09. The number of carbonyl (C=O) groups is 1. The molecule has 0 radical (unpaired) electrons. The van der Waals surface area contributed by atoms with E-state index in [1.807, 2.05) is 11.4 Å².